The molecule has 0 saturated heterocycles. The average Bonchev–Trinajstić information content (AvgIpc) is 3.29. The van der Waals surface area contributed by atoms with Gasteiger partial charge in [0, 0.05) is 17.1 Å². The first-order chi connectivity index (χ1) is 14.3. The fourth-order valence-electron chi connectivity index (χ4n) is 4.22. The Morgan fingerprint density at radius 1 is 0.862 bits per heavy atom. The van der Waals surface area contributed by atoms with E-state index in [9.17, 15) is 0 Å². The smallest absolute Gasteiger partial charge is 0.156 e. The lowest BCUT2D eigenvalue weighted by Crippen LogP contribution is -2.02. The molecule has 1 aliphatic rings. The van der Waals surface area contributed by atoms with Crippen molar-refractivity contribution in [2.45, 2.75) is 31.6 Å². The number of anilines is 1. The quantitative estimate of drug-likeness (QED) is 0.488. The number of benzene rings is 2. The van der Waals surface area contributed by atoms with Crippen LogP contribution < -0.4 is 10.5 Å². The Kier molecular flexibility index (Phi) is 4.56. The molecule has 29 heavy (non-hydrogen) atoms. The number of hydrogen-bond acceptors (Lipinski definition) is 5. The van der Waals surface area contributed by atoms with Gasteiger partial charge in [0.05, 0.1) is 17.3 Å². The van der Waals surface area contributed by atoms with Gasteiger partial charge in [0.1, 0.15) is 11.5 Å². The molecule has 0 bridgehead atoms. The maximum absolute atomic E-state index is 6.26. The summed E-state index contributed by atoms with van der Waals surface area (Å²) in [7, 11) is 0. The van der Waals surface area contributed by atoms with E-state index in [0.717, 1.165) is 33.5 Å². The third-order valence-electron chi connectivity index (χ3n) is 5.66. The number of rotatable bonds is 4. The predicted octanol–water partition coefficient (Wildman–Crippen LogP) is 5.72. The van der Waals surface area contributed by atoms with E-state index in [4.69, 9.17) is 15.5 Å². The number of aromatic nitrogens is 3. The second kappa shape index (κ2) is 7.51. The van der Waals surface area contributed by atoms with Crippen LogP contribution in [-0.2, 0) is 0 Å². The van der Waals surface area contributed by atoms with Crippen LogP contribution in [0.3, 0.4) is 0 Å². The van der Waals surface area contributed by atoms with Crippen molar-refractivity contribution in [3.05, 3.63) is 72.6 Å². The topological polar surface area (TPSA) is 73.9 Å². The molecule has 1 aliphatic carbocycles. The van der Waals surface area contributed by atoms with Crippen molar-refractivity contribution in [1.82, 2.24) is 15.2 Å². The summed E-state index contributed by atoms with van der Waals surface area (Å²) in [6, 6.07) is 17.7. The number of ether oxygens (including phenoxy) is 1. The maximum atomic E-state index is 6.26. The monoisotopic (exact) mass is 382 g/mol. The van der Waals surface area contributed by atoms with E-state index in [2.05, 4.69) is 10.2 Å². The highest BCUT2D eigenvalue weighted by atomic mass is 16.5. The van der Waals surface area contributed by atoms with Crippen LogP contribution in [0.4, 0.5) is 5.82 Å². The predicted molar refractivity (Wildman–Crippen MR) is 115 cm³/mol. The molecule has 1 fully saturated rings. The van der Waals surface area contributed by atoms with E-state index in [0.29, 0.717) is 11.7 Å². The minimum absolute atomic E-state index is 0.425. The van der Waals surface area contributed by atoms with Crippen LogP contribution in [0.15, 0.2) is 67.0 Å². The van der Waals surface area contributed by atoms with E-state index in [-0.39, 0.29) is 0 Å². The summed E-state index contributed by atoms with van der Waals surface area (Å²) in [6.45, 7) is 0. The highest BCUT2D eigenvalue weighted by Crippen LogP contribution is 2.40. The molecule has 2 heterocycles. The number of para-hydroxylation sites is 1. The lowest BCUT2D eigenvalue weighted by molar-refractivity contribution is 0.483. The second-order valence-corrected chi connectivity index (χ2v) is 7.50. The van der Waals surface area contributed by atoms with Crippen molar-refractivity contribution in [3.63, 3.8) is 0 Å². The van der Waals surface area contributed by atoms with Gasteiger partial charge in [-0.25, -0.2) is 0 Å². The minimum atomic E-state index is 0.425. The molecule has 2 aromatic heterocycles. The first kappa shape index (κ1) is 17.6. The van der Waals surface area contributed by atoms with Crippen LogP contribution in [-0.4, -0.2) is 15.2 Å². The highest BCUT2D eigenvalue weighted by molar-refractivity contribution is 6.02. The average molecular weight is 382 g/mol. The fourth-order valence-corrected chi connectivity index (χ4v) is 4.22. The number of hydrogen-bond donors (Lipinski definition) is 1. The molecule has 5 nitrogen and oxygen atoms in total. The number of fused-ring (bicyclic) bond motifs is 1. The number of nitrogens with zero attached hydrogens (tertiary/aromatic N) is 3. The molecule has 144 valence electrons. The molecule has 0 unspecified atom stereocenters. The Morgan fingerprint density at radius 2 is 1.59 bits per heavy atom. The lowest BCUT2D eigenvalue weighted by Gasteiger charge is -2.15. The van der Waals surface area contributed by atoms with Gasteiger partial charge in [-0.15, -0.1) is 5.10 Å². The second-order valence-electron chi connectivity index (χ2n) is 7.50. The van der Waals surface area contributed by atoms with Gasteiger partial charge < -0.3 is 10.5 Å². The standard InChI is InChI=1S/C24H22N4O/c25-24-22-21(15-27-28-24)20(16-6-4-5-7-16)14-26-23(22)17-10-12-19(13-11-17)29-18-8-2-1-3-9-18/h1-3,8-16H,4-7H2,(H2,25,28). The van der Waals surface area contributed by atoms with Crippen molar-refractivity contribution in [2.24, 2.45) is 0 Å². The van der Waals surface area contributed by atoms with Crippen LogP contribution in [0.1, 0.15) is 37.2 Å². The molecule has 0 atom stereocenters. The zero-order valence-corrected chi connectivity index (χ0v) is 16.1. The number of nitrogen functional groups attached to an aromatic ring is 1. The number of nitrogens with two attached hydrogens (primary N) is 1. The van der Waals surface area contributed by atoms with Crippen molar-refractivity contribution >= 4 is 16.6 Å². The van der Waals surface area contributed by atoms with E-state index in [1.54, 1.807) is 0 Å². The first-order valence-electron chi connectivity index (χ1n) is 10.0. The summed E-state index contributed by atoms with van der Waals surface area (Å²) in [4.78, 5) is 4.81. The Bertz CT molecular complexity index is 1140. The molecule has 0 aliphatic heterocycles. The number of pyridine rings is 1. The third-order valence-corrected chi connectivity index (χ3v) is 5.66. The molecular weight excluding hydrogens is 360 g/mol. The van der Waals surface area contributed by atoms with Gasteiger partial charge in [-0.2, -0.15) is 5.10 Å². The van der Waals surface area contributed by atoms with Crippen molar-refractivity contribution in [3.8, 4) is 22.8 Å². The van der Waals surface area contributed by atoms with Crippen LogP contribution >= 0.6 is 0 Å². The van der Waals surface area contributed by atoms with E-state index in [1.807, 2.05) is 67.0 Å². The van der Waals surface area contributed by atoms with Gasteiger partial charge in [0.25, 0.3) is 0 Å². The largest absolute Gasteiger partial charge is 0.457 e. The molecule has 4 aromatic rings. The Hall–Kier alpha value is -3.47. The first-order valence-corrected chi connectivity index (χ1v) is 10.0. The summed E-state index contributed by atoms with van der Waals surface area (Å²) in [6.07, 6.45) is 8.77. The van der Waals surface area contributed by atoms with Crippen molar-refractivity contribution in [1.29, 1.82) is 0 Å². The molecule has 0 radical (unpaired) electrons. The molecule has 5 rings (SSSR count). The van der Waals surface area contributed by atoms with Gasteiger partial charge in [-0.1, -0.05) is 31.0 Å². The lowest BCUT2D eigenvalue weighted by atomic mass is 9.93. The summed E-state index contributed by atoms with van der Waals surface area (Å²) in [5.41, 5.74) is 9.31. The maximum Gasteiger partial charge on any atom is 0.156 e. The zero-order valence-electron chi connectivity index (χ0n) is 16.1. The zero-order chi connectivity index (χ0) is 19.6. The van der Waals surface area contributed by atoms with Crippen LogP contribution in [0.5, 0.6) is 11.5 Å². The van der Waals surface area contributed by atoms with Crippen molar-refractivity contribution in [2.75, 3.05) is 5.73 Å². The van der Waals surface area contributed by atoms with Crippen molar-refractivity contribution < 1.29 is 4.74 Å². The molecule has 2 aromatic carbocycles. The molecule has 0 amide bonds. The Morgan fingerprint density at radius 3 is 2.34 bits per heavy atom. The highest BCUT2D eigenvalue weighted by Gasteiger charge is 2.22. The van der Waals surface area contributed by atoms with Crippen LogP contribution in [0, 0.1) is 0 Å². The Labute approximate surface area is 169 Å². The van der Waals surface area contributed by atoms with Gasteiger partial charge in [0.15, 0.2) is 5.82 Å². The fraction of sp³-hybridized carbons (Fsp3) is 0.208. The Balaban J connectivity index is 1.54. The van der Waals surface area contributed by atoms with E-state index < -0.39 is 0 Å². The summed E-state index contributed by atoms with van der Waals surface area (Å²) >= 11 is 0. The summed E-state index contributed by atoms with van der Waals surface area (Å²) in [5, 5.41) is 10.2. The van der Waals surface area contributed by atoms with Gasteiger partial charge in [-0.05, 0) is 60.7 Å². The summed E-state index contributed by atoms with van der Waals surface area (Å²) in [5.74, 6) is 2.54. The molecule has 0 spiro atoms. The van der Waals surface area contributed by atoms with E-state index in [1.165, 1.54) is 31.2 Å². The molecule has 1 saturated carbocycles. The molecule has 2 N–H and O–H groups in total. The normalized spacial score (nSPS) is 14.3. The van der Waals surface area contributed by atoms with E-state index >= 15 is 0 Å². The SMILES string of the molecule is Nc1nncc2c(C3CCCC3)cnc(-c3ccc(Oc4ccccc4)cc3)c12. The van der Waals surface area contributed by atoms with Gasteiger partial charge >= 0.3 is 0 Å². The molecular formula is C24H22N4O. The van der Waals surface area contributed by atoms with Crippen LogP contribution in [0.25, 0.3) is 22.0 Å². The third kappa shape index (κ3) is 3.40. The van der Waals surface area contributed by atoms with Crippen LogP contribution in [0.2, 0.25) is 0 Å². The minimum Gasteiger partial charge on any atom is -0.457 e. The van der Waals surface area contributed by atoms with Gasteiger partial charge in [-0.3, -0.25) is 4.98 Å². The summed E-state index contributed by atoms with van der Waals surface area (Å²) < 4.78 is 5.90. The van der Waals surface area contributed by atoms with Gasteiger partial charge in [0.2, 0.25) is 0 Å². The molecule has 5 heteroatoms.